The van der Waals surface area contributed by atoms with Crippen molar-refractivity contribution in [2.75, 3.05) is 12.4 Å². The van der Waals surface area contributed by atoms with Gasteiger partial charge in [-0.15, -0.1) is 22.7 Å². The minimum absolute atomic E-state index is 0.807. The third-order valence-electron chi connectivity index (χ3n) is 2.99. The molecule has 0 unspecified atom stereocenters. The fourth-order valence-electron chi connectivity index (χ4n) is 2.03. The molecule has 0 aliphatic carbocycles. The molecule has 0 atom stereocenters. The van der Waals surface area contributed by atoms with Gasteiger partial charge in [0.15, 0.2) is 0 Å². The van der Waals surface area contributed by atoms with Gasteiger partial charge in [-0.3, -0.25) is 0 Å². The second-order valence-electron chi connectivity index (χ2n) is 4.28. The van der Waals surface area contributed by atoms with E-state index in [1.165, 1.54) is 9.75 Å². The Morgan fingerprint density at radius 2 is 2.16 bits per heavy atom. The Hall–Kier alpha value is -1.46. The van der Waals surface area contributed by atoms with Crippen molar-refractivity contribution in [3.63, 3.8) is 0 Å². The van der Waals surface area contributed by atoms with Crippen LogP contribution >= 0.6 is 22.7 Å². The van der Waals surface area contributed by atoms with Crippen LogP contribution < -0.4 is 5.32 Å². The highest BCUT2D eigenvalue weighted by Gasteiger charge is 2.11. The summed E-state index contributed by atoms with van der Waals surface area (Å²) in [6.45, 7) is 2.17. The Balaban J connectivity index is 2.05. The quantitative estimate of drug-likeness (QED) is 0.790. The van der Waals surface area contributed by atoms with Gasteiger partial charge in [0.1, 0.15) is 16.5 Å². The number of hydrogen-bond donors (Lipinski definition) is 1. The van der Waals surface area contributed by atoms with Gasteiger partial charge < -0.3 is 5.32 Å². The Bertz CT molecular complexity index is 686. The van der Waals surface area contributed by atoms with Crippen LogP contribution in [-0.2, 0) is 12.8 Å². The van der Waals surface area contributed by atoms with Crippen molar-refractivity contribution in [2.24, 2.45) is 0 Å². The van der Waals surface area contributed by atoms with Gasteiger partial charge in [-0.05, 0) is 23.9 Å². The van der Waals surface area contributed by atoms with Crippen molar-refractivity contribution >= 4 is 38.7 Å². The Morgan fingerprint density at radius 1 is 1.26 bits per heavy atom. The second kappa shape index (κ2) is 5.27. The largest absolute Gasteiger partial charge is 0.372 e. The van der Waals surface area contributed by atoms with Crippen LogP contribution in [0.1, 0.15) is 22.5 Å². The molecule has 5 heteroatoms. The predicted octanol–water partition coefficient (Wildman–Crippen LogP) is 3.95. The van der Waals surface area contributed by atoms with Crippen molar-refractivity contribution < 1.29 is 0 Å². The monoisotopic (exact) mass is 289 g/mol. The average molecular weight is 289 g/mol. The molecular formula is C14H15N3S2. The number of thiophene rings is 2. The van der Waals surface area contributed by atoms with Gasteiger partial charge in [0, 0.05) is 23.2 Å². The Kier molecular flexibility index (Phi) is 3.48. The number of anilines is 1. The number of nitrogens with zero attached hydrogens (tertiary/aromatic N) is 2. The summed E-state index contributed by atoms with van der Waals surface area (Å²) in [4.78, 5) is 13.1. The van der Waals surface area contributed by atoms with Crippen molar-refractivity contribution in [1.29, 1.82) is 0 Å². The average Bonchev–Trinajstić information content (AvgIpc) is 3.06. The van der Waals surface area contributed by atoms with E-state index in [0.29, 0.717) is 0 Å². The summed E-state index contributed by atoms with van der Waals surface area (Å²) >= 11 is 3.52. The normalized spacial score (nSPS) is 11.1. The van der Waals surface area contributed by atoms with E-state index in [-0.39, 0.29) is 0 Å². The summed E-state index contributed by atoms with van der Waals surface area (Å²) in [5, 5.41) is 6.42. The van der Waals surface area contributed by atoms with Gasteiger partial charge in [-0.1, -0.05) is 13.0 Å². The molecule has 0 aliphatic heterocycles. The van der Waals surface area contributed by atoms with Gasteiger partial charge in [0.25, 0.3) is 0 Å². The molecule has 0 bridgehead atoms. The Morgan fingerprint density at radius 3 is 2.84 bits per heavy atom. The molecule has 0 aromatic carbocycles. The number of aromatic nitrogens is 2. The summed E-state index contributed by atoms with van der Waals surface area (Å²) in [6, 6.07) is 6.39. The van der Waals surface area contributed by atoms with Crippen LogP contribution in [0.3, 0.4) is 0 Å². The summed E-state index contributed by atoms with van der Waals surface area (Å²) < 4.78 is 0. The maximum absolute atomic E-state index is 4.70. The first-order valence-corrected chi connectivity index (χ1v) is 7.99. The lowest BCUT2D eigenvalue weighted by atomic mass is 10.3. The zero-order valence-electron chi connectivity index (χ0n) is 10.9. The van der Waals surface area contributed by atoms with Crippen molar-refractivity contribution in [2.45, 2.75) is 19.8 Å². The van der Waals surface area contributed by atoms with E-state index in [2.05, 4.69) is 40.8 Å². The van der Waals surface area contributed by atoms with Crippen molar-refractivity contribution in [3.8, 4) is 0 Å². The lowest BCUT2D eigenvalue weighted by Crippen LogP contribution is -2.00. The molecule has 3 aromatic heterocycles. The lowest BCUT2D eigenvalue weighted by molar-refractivity contribution is 1.01. The van der Waals surface area contributed by atoms with Gasteiger partial charge in [0.05, 0.1) is 5.39 Å². The molecule has 19 heavy (non-hydrogen) atoms. The van der Waals surface area contributed by atoms with E-state index in [9.17, 15) is 0 Å². The maximum atomic E-state index is 4.70. The summed E-state index contributed by atoms with van der Waals surface area (Å²) in [5.74, 6) is 1.83. The van der Waals surface area contributed by atoms with Gasteiger partial charge in [-0.2, -0.15) is 0 Å². The highest BCUT2D eigenvalue weighted by molar-refractivity contribution is 7.18. The summed E-state index contributed by atoms with van der Waals surface area (Å²) in [5.41, 5.74) is 0. The minimum atomic E-state index is 0.807. The van der Waals surface area contributed by atoms with Crippen LogP contribution in [0.25, 0.3) is 10.2 Å². The molecule has 0 spiro atoms. The van der Waals surface area contributed by atoms with Crippen molar-refractivity contribution in [3.05, 3.63) is 39.2 Å². The van der Waals surface area contributed by atoms with Crippen molar-refractivity contribution in [1.82, 2.24) is 9.97 Å². The van der Waals surface area contributed by atoms with E-state index in [1.807, 2.05) is 7.05 Å². The first-order chi connectivity index (χ1) is 9.30. The molecule has 3 rings (SSSR count). The molecule has 3 nitrogen and oxygen atoms in total. The topological polar surface area (TPSA) is 37.8 Å². The molecule has 0 radical (unpaired) electrons. The highest BCUT2D eigenvalue weighted by Crippen LogP contribution is 2.29. The van der Waals surface area contributed by atoms with Crippen LogP contribution in [0.15, 0.2) is 23.6 Å². The molecule has 0 saturated carbocycles. The number of nitrogens with one attached hydrogen (secondary N) is 1. The zero-order chi connectivity index (χ0) is 13.2. The third kappa shape index (κ3) is 2.48. The fourth-order valence-corrected chi connectivity index (χ4v) is 3.72. The van der Waals surface area contributed by atoms with Gasteiger partial charge in [0.2, 0.25) is 0 Å². The molecular weight excluding hydrogens is 274 g/mol. The van der Waals surface area contributed by atoms with E-state index in [4.69, 9.17) is 4.98 Å². The van der Waals surface area contributed by atoms with E-state index >= 15 is 0 Å². The molecule has 98 valence electrons. The zero-order valence-corrected chi connectivity index (χ0v) is 12.6. The first kappa shape index (κ1) is 12.6. The SMILES string of the molecule is CCc1cc2c(NC)nc(Cc3cccs3)nc2s1. The summed E-state index contributed by atoms with van der Waals surface area (Å²) in [7, 11) is 1.92. The predicted molar refractivity (Wildman–Crippen MR) is 83.5 cm³/mol. The summed E-state index contributed by atoms with van der Waals surface area (Å²) in [6.07, 6.45) is 1.85. The van der Waals surface area contributed by atoms with E-state index in [1.54, 1.807) is 22.7 Å². The lowest BCUT2D eigenvalue weighted by Gasteiger charge is -2.04. The fraction of sp³-hybridized carbons (Fsp3) is 0.286. The molecule has 3 aromatic rings. The van der Waals surface area contributed by atoms with Crippen LogP contribution in [0.4, 0.5) is 5.82 Å². The number of aryl methyl sites for hydroxylation is 1. The van der Waals surface area contributed by atoms with Gasteiger partial charge >= 0.3 is 0 Å². The third-order valence-corrected chi connectivity index (χ3v) is 5.04. The Labute approximate surface area is 120 Å². The number of fused-ring (bicyclic) bond motifs is 1. The molecule has 0 aliphatic rings. The van der Waals surface area contributed by atoms with Gasteiger partial charge in [-0.25, -0.2) is 9.97 Å². The number of rotatable bonds is 4. The van der Waals surface area contributed by atoms with Crippen LogP contribution in [0, 0.1) is 0 Å². The van der Waals surface area contributed by atoms with Crippen LogP contribution in [0.2, 0.25) is 0 Å². The van der Waals surface area contributed by atoms with Crippen LogP contribution in [-0.4, -0.2) is 17.0 Å². The van der Waals surface area contributed by atoms with E-state index in [0.717, 1.165) is 34.7 Å². The second-order valence-corrected chi connectivity index (χ2v) is 6.43. The number of hydrogen-bond acceptors (Lipinski definition) is 5. The molecule has 1 N–H and O–H groups in total. The maximum Gasteiger partial charge on any atom is 0.138 e. The standard InChI is InChI=1S/C14H15N3S2/c1-3-9-7-11-13(15-2)16-12(17-14(11)19-9)8-10-5-4-6-18-10/h4-7H,3,8H2,1-2H3,(H,15,16,17). The smallest absolute Gasteiger partial charge is 0.138 e. The molecule has 0 saturated heterocycles. The molecule has 0 fully saturated rings. The van der Waals surface area contributed by atoms with Crippen LogP contribution in [0.5, 0.6) is 0 Å². The van der Waals surface area contributed by atoms with E-state index < -0.39 is 0 Å². The minimum Gasteiger partial charge on any atom is -0.372 e. The first-order valence-electron chi connectivity index (χ1n) is 6.29. The highest BCUT2D eigenvalue weighted by atomic mass is 32.1. The molecule has 3 heterocycles. The molecule has 0 amide bonds.